The molecule has 0 spiro atoms. The molecule has 0 bridgehead atoms. The fraction of sp³-hybridized carbons (Fsp3) is 0.417. The summed E-state index contributed by atoms with van der Waals surface area (Å²) in [5.74, 6) is 0.842. The van der Waals surface area contributed by atoms with Gasteiger partial charge in [-0.1, -0.05) is 38.0 Å². The first-order valence-corrected chi connectivity index (χ1v) is 10.5. The molecule has 2 aliphatic rings. The van der Waals surface area contributed by atoms with E-state index in [9.17, 15) is 9.59 Å². The van der Waals surface area contributed by atoms with Gasteiger partial charge in [-0.3, -0.25) is 9.59 Å². The van der Waals surface area contributed by atoms with E-state index in [0.29, 0.717) is 17.9 Å². The third-order valence-corrected chi connectivity index (χ3v) is 6.09. The molecule has 4 nitrogen and oxygen atoms in total. The van der Waals surface area contributed by atoms with E-state index in [-0.39, 0.29) is 11.8 Å². The van der Waals surface area contributed by atoms with Crippen molar-refractivity contribution in [3.05, 3.63) is 53.6 Å². The molecule has 1 aliphatic heterocycles. The zero-order valence-corrected chi connectivity index (χ0v) is 16.5. The highest BCUT2D eigenvalue weighted by molar-refractivity contribution is 5.96. The summed E-state index contributed by atoms with van der Waals surface area (Å²) in [6.45, 7) is 3.46. The molecule has 4 heteroatoms. The van der Waals surface area contributed by atoms with Gasteiger partial charge in [0.25, 0.3) is 5.91 Å². The van der Waals surface area contributed by atoms with Gasteiger partial charge in [0.2, 0.25) is 5.91 Å². The van der Waals surface area contributed by atoms with E-state index in [2.05, 4.69) is 17.4 Å². The summed E-state index contributed by atoms with van der Waals surface area (Å²) < 4.78 is 0. The summed E-state index contributed by atoms with van der Waals surface area (Å²) in [4.78, 5) is 26.3. The predicted molar refractivity (Wildman–Crippen MR) is 113 cm³/mol. The molecule has 146 valence electrons. The van der Waals surface area contributed by atoms with Gasteiger partial charge in [-0.15, -0.1) is 0 Å². The summed E-state index contributed by atoms with van der Waals surface area (Å²) in [7, 11) is 0. The third-order valence-electron chi connectivity index (χ3n) is 6.09. The Morgan fingerprint density at radius 1 is 1.04 bits per heavy atom. The normalized spacial score (nSPS) is 16.2. The minimum atomic E-state index is 0.0149. The molecule has 1 saturated carbocycles. The van der Waals surface area contributed by atoms with Crippen LogP contribution in [0.15, 0.2) is 42.5 Å². The minimum absolute atomic E-state index is 0.0149. The van der Waals surface area contributed by atoms with E-state index in [0.717, 1.165) is 36.3 Å². The van der Waals surface area contributed by atoms with Crippen molar-refractivity contribution in [3.8, 4) is 11.1 Å². The molecule has 0 radical (unpaired) electrons. The Balaban J connectivity index is 1.44. The molecule has 1 heterocycles. The molecular weight excluding hydrogens is 348 g/mol. The first-order valence-electron chi connectivity index (χ1n) is 10.5. The van der Waals surface area contributed by atoms with Crippen LogP contribution >= 0.6 is 0 Å². The summed E-state index contributed by atoms with van der Waals surface area (Å²) >= 11 is 0. The zero-order valence-electron chi connectivity index (χ0n) is 16.5. The van der Waals surface area contributed by atoms with Crippen molar-refractivity contribution >= 4 is 17.5 Å². The Labute approximate surface area is 166 Å². The average Bonchev–Trinajstić information content (AvgIpc) is 3.41. The summed E-state index contributed by atoms with van der Waals surface area (Å²) in [5.41, 5.74) is 5.19. The lowest BCUT2D eigenvalue weighted by Gasteiger charge is -2.16. The van der Waals surface area contributed by atoms with E-state index >= 15 is 0 Å². The van der Waals surface area contributed by atoms with Crippen molar-refractivity contribution in [3.63, 3.8) is 0 Å². The van der Waals surface area contributed by atoms with Gasteiger partial charge >= 0.3 is 0 Å². The molecule has 0 atom stereocenters. The van der Waals surface area contributed by atoms with Crippen molar-refractivity contribution in [2.75, 3.05) is 18.0 Å². The number of amides is 2. The molecule has 28 heavy (non-hydrogen) atoms. The number of carbonyl (C=O) groups is 2. The van der Waals surface area contributed by atoms with Gasteiger partial charge < -0.3 is 10.2 Å². The fourth-order valence-corrected chi connectivity index (χ4v) is 4.40. The third kappa shape index (κ3) is 3.82. The standard InChI is InChI=1S/C24H28N2O2/c1-2-23(27)26-14-13-21-15-20(11-12-22(21)26)18-7-9-19(10-8-18)24(28)25-16-17-5-3-4-6-17/h7-12,15,17H,2-6,13-14,16H2,1H3,(H,25,28). The second-order valence-corrected chi connectivity index (χ2v) is 7.93. The van der Waals surface area contributed by atoms with Crippen LogP contribution in [-0.2, 0) is 11.2 Å². The van der Waals surface area contributed by atoms with Crippen LogP contribution in [0.5, 0.6) is 0 Å². The first kappa shape index (κ1) is 18.7. The predicted octanol–water partition coefficient (Wildman–Crippen LogP) is 4.57. The second-order valence-electron chi connectivity index (χ2n) is 7.93. The maximum atomic E-state index is 12.4. The van der Waals surface area contributed by atoms with Gasteiger partial charge in [-0.2, -0.15) is 0 Å². The summed E-state index contributed by atoms with van der Waals surface area (Å²) in [5, 5.41) is 3.08. The fourth-order valence-electron chi connectivity index (χ4n) is 4.40. The van der Waals surface area contributed by atoms with Gasteiger partial charge in [-0.05, 0) is 66.1 Å². The summed E-state index contributed by atoms with van der Waals surface area (Å²) in [6.07, 6.45) is 6.49. The Morgan fingerprint density at radius 3 is 2.46 bits per heavy atom. The van der Waals surface area contributed by atoms with Gasteiger partial charge in [-0.25, -0.2) is 0 Å². The number of hydrogen-bond donors (Lipinski definition) is 1. The highest BCUT2D eigenvalue weighted by atomic mass is 16.2. The molecule has 4 rings (SSSR count). The minimum Gasteiger partial charge on any atom is -0.352 e. The van der Waals surface area contributed by atoms with Crippen LogP contribution in [0.25, 0.3) is 11.1 Å². The number of benzene rings is 2. The van der Waals surface area contributed by atoms with Gasteiger partial charge in [0.05, 0.1) is 0 Å². The molecule has 0 unspecified atom stereocenters. The number of anilines is 1. The number of carbonyl (C=O) groups excluding carboxylic acids is 2. The number of hydrogen-bond acceptors (Lipinski definition) is 2. The average molecular weight is 377 g/mol. The Kier molecular flexibility index (Phi) is 5.47. The molecule has 2 aromatic carbocycles. The van der Waals surface area contributed by atoms with E-state index in [1.54, 1.807) is 0 Å². The van der Waals surface area contributed by atoms with E-state index in [1.165, 1.54) is 31.2 Å². The lowest BCUT2D eigenvalue weighted by atomic mass is 10.0. The molecule has 1 aliphatic carbocycles. The number of nitrogens with one attached hydrogen (secondary N) is 1. The number of fused-ring (bicyclic) bond motifs is 1. The highest BCUT2D eigenvalue weighted by Gasteiger charge is 2.23. The van der Waals surface area contributed by atoms with Gasteiger partial charge in [0.1, 0.15) is 0 Å². The van der Waals surface area contributed by atoms with Crippen LogP contribution in [-0.4, -0.2) is 24.9 Å². The molecular formula is C24H28N2O2. The molecule has 1 fully saturated rings. The van der Waals surface area contributed by atoms with Crippen LogP contribution in [0, 0.1) is 5.92 Å². The van der Waals surface area contributed by atoms with Crippen LogP contribution in [0.2, 0.25) is 0 Å². The van der Waals surface area contributed by atoms with Crippen molar-refractivity contribution in [1.29, 1.82) is 0 Å². The highest BCUT2D eigenvalue weighted by Crippen LogP contribution is 2.33. The quantitative estimate of drug-likeness (QED) is 0.831. The maximum Gasteiger partial charge on any atom is 0.251 e. The van der Waals surface area contributed by atoms with E-state index in [4.69, 9.17) is 0 Å². The van der Waals surface area contributed by atoms with E-state index in [1.807, 2.05) is 42.2 Å². The van der Waals surface area contributed by atoms with Gasteiger partial charge in [0, 0.05) is 30.8 Å². The largest absolute Gasteiger partial charge is 0.352 e. The maximum absolute atomic E-state index is 12.4. The van der Waals surface area contributed by atoms with Crippen molar-refractivity contribution in [2.24, 2.45) is 5.92 Å². The SMILES string of the molecule is CCC(=O)N1CCc2cc(-c3ccc(C(=O)NCC4CCCC4)cc3)ccc21. The van der Waals surface area contributed by atoms with Crippen LogP contribution in [0.3, 0.4) is 0 Å². The van der Waals surface area contributed by atoms with Crippen LogP contribution < -0.4 is 10.2 Å². The van der Waals surface area contributed by atoms with Crippen molar-refractivity contribution in [1.82, 2.24) is 5.32 Å². The lowest BCUT2D eigenvalue weighted by Crippen LogP contribution is -2.28. The molecule has 0 saturated heterocycles. The molecule has 2 amide bonds. The first-order chi connectivity index (χ1) is 13.7. The van der Waals surface area contributed by atoms with Crippen LogP contribution in [0.1, 0.15) is 54.9 Å². The molecule has 1 N–H and O–H groups in total. The van der Waals surface area contributed by atoms with Crippen molar-refractivity contribution < 1.29 is 9.59 Å². The molecule has 2 aromatic rings. The van der Waals surface area contributed by atoms with Crippen LogP contribution in [0.4, 0.5) is 5.69 Å². The second kappa shape index (κ2) is 8.17. The van der Waals surface area contributed by atoms with E-state index < -0.39 is 0 Å². The number of nitrogens with zero attached hydrogens (tertiary/aromatic N) is 1. The Hall–Kier alpha value is -2.62. The van der Waals surface area contributed by atoms with Crippen molar-refractivity contribution in [2.45, 2.75) is 45.4 Å². The lowest BCUT2D eigenvalue weighted by molar-refractivity contribution is -0.118. The van der Waals surface area contributed by atoms with Gasteiger partial charge in [0.15, 0.2) is 0 Å². The Morgan fingerprint density at radius 2 is 1.75 bits per heavy atom. The zero-order chi connectivity index (χ0) is 19.5. The number of rotatable bonds is 5. The topological polar surface area (TPSA) is 49.4 Å². The molecule has 0 aromatic heterocycles. The Bertz CT molecular complexity index is 867. The smallest absolute Gasteiger partial charge is 0.251 e. The monoisotopic (exact) mass is 376 g/mol. The summed E-state index contributed by atoms with van der Waals surface area (Å²) in [6, 6.07) is 14.1.